The molecule has 9 nitrogen and oxygen atoms in total. The van der Waals surface area contributed by atoms with Crippen LogP contribution in [0.5, 0.6) is 0 Å². The zero-order chi connectivity index (χ0) is 17.3. The van der Waals surface area contributed by atoms with Gasteiger partial charge >= 0.3 is 5.97 Å². The van der Waals surface area contributed by atoms with Gasteiger partial charge in [-0.15, -0.1) is 0 Å². The highest BCUT2D eigenvalue weighted by Crippen LogP contribution is 1.98. The monoisotopic (exact) mass is 330 g/mol. The second-order valence-electron chi connectivity index (χ2n) is 4.91. The van der Waals surface area contributed by atoms with E-state index in [0.717, 1.165) is 32.5 Å². The van der Waals surface area contributed by atoms with Crippen LogP contribution >= 0.6 is 0 Å². The highest BCUT2D eigenvalue weighted by molar-refractivity contribution is 6.27. The molecule has 0 fully saturated rings. The minimum Gasteiger partial charge on any atom is -0.481 e. The van der Waals surface area contributed by atoms with Crippen molar-refractivity contribution in [1.29, 1.82) is 0 Å². The summed E-state index contributed by atoms with van der Waals surface area (Å²) in [6.45, 7) is 3.69. The normalized spacial score (nSPS) is 10.3. The summed E-state index contributed by atoms with van der Waals surface area (Å²) in [4.78, 5) is 42.0. The maximum absolute atomic E-state index is 11.1. The molecule has 0 radical (unpaired) electrons. The summed E-state index contributed by atoms with van der Waals surface area (Å²) >= 11 is 0. The Bertz CT molecular complexity index is 376. The number of nitrogens with one attached hydrogen (secondary N) is 4. The third-order valence-electron chi connectivity index (χ3n) is 2.86. The van der Waals surface area contributed by atoms with Crippen molar-refractivity contribution in [1.82, 2.24) is 21.3 Å². The van der Waals surface area contributed by atoms with E-state index in [-0.39, 0.29) is 19.3 Å². The number of rotatable bonds is 15. The Hall–Kier alpha value is -1.84. The Balaban J connectivity index is 3.19. The molecule has 0 heterocycles. The Labute approximate surface area is 135 Å². The summed E-state index contributed by atoms with van der Waals surface area (Å²) in [6, 6.07) is 0. The standard InChI is InChI=1S/C14H26N4O5/c19-11-13(21)18-12(20)10-17-9-8-16-7-6-15-5-3-1-2-4-14(22)23/h11,15-17H,1-10H2,(H,22,23)(H,18,20,21). The number of hydrogen-bond donors (Lipinski definition) is 5. The van der Waals surface area contributed by atoms with Gasteiger partial charge in [-0.2, -0.15) is 0 Å². The highest BCUT2D eigenvalue weighted by Gasteiger charge is 2.04. The summed E-state index contributed by atoms with van der Waals surface area (Å²) in [7, 11) is 0. The summed E-state index contributed by atoms with van der Waals surface area (Å²) in [5.74, 6) is -2.22. The topological polar surface area (TPSA) is 137 Å². The summed E-state index contributed by atoms with van der Waals surface area (Å²) in [5.41, 5.74) is 0. The van der Waals surface area contributed by atoms with Crippen molar-refractivity contribution in [3.05, 3.63) is 0 Å². The van der Waals surface area contributed by atoms with E-state index in [4.69, 9.17) is 5.11 Å². The molecule has 9 heteroatoms. The van der Waals surface area contributed by atoms with Crippen LogP contribution in [-0.4, -0.2) is 68.4 Å². The summed E-state index contributed by atoms with van der Waals surface area (Å²) < 4.78 is 0. The number of carbonyl (C=O) groups is 4. The van der Waals surface area contributed by atoms with Gasteiger partial charge in [0.25, 0.3) is 5.91 Å². The molecule has 2 amide bonds. The van der Waals surface area contributed by atoms with Gasteiger partial charge in [-0.1, -0.05) is 6.42 Å². The van der Waals surface area contributed by atoms with E-state index in [9.17, 15) is 19.2 Å². The molecular formula is C14H26N4O5. The number of unbranched alkanes of at least 4 members (excludes halogenated alkanes) is 2. The fourth-order valence-corrected chi connectivity index (χ4v) is 1.72. The largest absolute Gasteiger partial charge is 0.481 e. The fourth-order valence-electron chi connectivity index (χ4n) is 1.72. The number of carboxylic acids is 1. The van der Waals surface area contributed by atoms with Crippen LogP contribution in [0.15, 0.2) is 0 Å². The van der Waals surface area contributed by atoms with Crippen LogP contribution in [0.1, 0.15) is 25.7 Å². The third kappa shape index (κ3) is 16.4. The average molecular weight is 330 g/mol. The molecule has 132 valence electrons. The van der Waals surface area contributed by atoms with E-state index in [1.807, 2.05) is 5.32 Å². The van der Waals surface area contributed by atoms with Crippen molar-refractivity contribution in [2.75, 3.05) is 39.3 Å². The van der Waals surface area contributed by atoms with E-state index in [0.29, 0.717) is 19.5 Å². The molecule has 0 bridgehead atoms. The van der Waals surface area contributed by atoms with Gasteiger partial charge in [0, 0.05) is 32.6 Å². The SMILES string of the molecule is O=CC(=O)NC(=O)CNCCNCCNCCCCCC(=O)O. The van der Waals surface area contributed by atoms with Gasteiger partial charge in [-0.3, -0.25) is 24.5 Å². The Morgan fingerprint density at radius 2 is 1.43 bits per heavy atom. The van der Waals surface area contributed by atoms with Gasteiger partial charge in [0.2, 0.25) is 12.2 Å². The smallest absolute Gasteiger partial charge is 0.303 e. The first-order valence-corrected chi connectivity index (χ1v) is 7.69. The van der Waals surface area contributed by atoms with E-state index in [2.05, 4.69) is 16.0 Å². The van der Waals surface area contributed by atoms with Crippen molar-refractivity contribution in [3.63, 3.8) is 0 Å². The summed E-state index contributed by atoms with van der Waals surface area (Å²) in [5, 5.41) is 19.6. The number of carboxylic acid groups (broad SMARTS) is 1. The Morgan fingerprint density at radius 3 is 2.04 bits per heavy atom. The van der Waals surface area contributed by atoms with E-state index >= 15 is 0 Å². The van der Waals surface area contributed by atoms with Gasteiger partial charge in [-0.25, -0.2) is 0 Å². The number of aliphatic carboxylic acids is 1. The lowest BCUT2D eigenvalue weighted by molar-refractivity contribution is -0.137. The molecule has 23 heavy (non-hydrogen) atoms. The van der Waals surface area contributed by atoms with Crippen LogP contribution in [0, 0.1) is 0 Å². The molecule has 0 saturated carbocycles. The van der Waals surface area contributed by atoms with Crippen LogP contribution < -0.4 is 21.3 Å². The Morgan fingerprint density at radius 1 is 0.826 bits per heavy atom. The number of hydrogen-bond acceptors (Lipinski definition) is 7. The van der Waals surface area contributed by atoms with Gasteiger partial charge in [-0.05, 0) is 19.4 Å². The number of aldehydes is 1. The van der Waals surface area contributed by atoms with E-state index < -0.39 is 17.8 Å². The molecule has 0 aromatic heterocycles. The zero-order valence-corrected chi connectivity index (χ0v) is 13.2. The van der Waals surface area contributed by atoms with Crippen molar-refractivity contribution >= 4 is 24.1 Å². The molecular weight excluding hydrogens is 304 g/mol. The van der Waals surface area contributed by atoms with Gasteiger partial charge in [0.15, 0.2) is 0 Å². The molecule has 0 saturated heterocycles. The maximum atomic E-state index is 11.1. The molecule has 0 rings (SSSR count). The lowest BCUT2D eigenvalue weighted by Gasteiger charge is -2.07. The minimum absolute atomic E-state index is 0.0180. The van der Waals surface area contributed by atoms with Crippen molar-refractivity contribution in [3.8, 4) is 0 Å². The number of amides is 2. The van der Waals surface area contributed by atoms with Crippen molar-refractivity contribution in [2.24, 2.45) is 0 Å². The minimum atomic E-state index is -0.941. The predicted molar refractivity (Wildman–Crippen MR) is 83.9 cm³/mol. The van der Waals surface area contributed by atoms with E-state index in [1.54, 1.807) is 0 Å². The van der Waals surface area contributed by atoms with Crippen LogP contribution in [0.25, 0.3) is 0 Å². The molecule has 0 aromatic rings. The molecule has 0 aromatic carbocycles. The lowest BCUT2D eigenvalue weighted by Crippen LogP contribution is -2.40. The van der Waals surface area contributed by atoms with Gasteiger partial charge in [0.05, 0.1) is 6.54 Å². The van der Waals surface area contributed by atoms with Crippen LogP contribution in [0.4, 0.5) is 0 Å². The number of imide groups is 1. The average Bonchev–Trinajstić information content (AvgIpc) is 2.51. The zero-order valence-electron chi connectivity index (χ0n) is 13.2. The quantitative estimate of drug-likeness (QED) is 0.135. The maximum Gasteiger partial charge on any atom is 0.303 e. The third-order valence-corrected chi connectivity index (χ3v) is 2.86. The fraction of sp³-hybridized carbons (Fsp3) is 0.714. The second kappa shape index (κ2) is 15.1. The molecule has 0 aliphatic heterocycles. The molecule has 5 N–H and O–H groups in total. The first-order valence-electron chi connectivity index (χ1n) is 7.69. The molecule has 0 unspecified atom stereocenters. The lowest BCUT2D eigenvalue weighted by atomic mass is 10.2. The van der Waals surface area contributed by atoms with E-state index in [1.165, 1.54) is 0 Å². The van der Waals surface area contributed by atoms with Crippen molar-refractivity contribution in [2.45, 2.75) is 25.7 Å². The van der Waals surface area contributed by atoms with Gasteiger partial charge in [0.1, 0.15) is 0 Å². The first-order chi connectivity index (χ1) is 11.1. The van der Waals surface area contributed by atoms with Crippen molar-refractivity contribution < 1.29 is 24.3 Å². The molecule has 0 aliphatic rings. The van der Waals surface area contributed by atoms with Crippen LogP contribution in [-0.2, 0) is 19.2 Å². The first kappa shape index (κ1) is 21.2. The Kier molecular flexibility index (Phi) is 13.9. The molecule has 0 spiro atoms. The van der Waals surface area contributed by atoms with Crippen LogP contribution in [0.2, 0.25) is 0 Å². The summed E-state index contributed by atoms with van der Waals surface area (Å²) in [6.07, 6.45) is 2.87. The molecule has 0 aliphatic carbocycles. The predicted octanol–water partition coefficient (Wildman–Crippen LogP) is -1.76. The van der Waals surface area contributed by atoms with Crippen LogP contribution in [0.3, 0.4) is 0 Å². The second-order valence-corrected chi connectivity index (χ2v) is 4.91. The number of carbonyl (C=O) groups excluding carboxylic acids is 3. The van der Waals surface area contributed by atoms with Gasteiger partial charge < -0.3 is 21.1 Å². The molecule has 0 atom stereocenters. The highest BCUT2D eigenvalue weighted by atomic mass is 16.4.